The van der Waals surface area contributed by atoms with E-state index in [-0.39, 0.29) is 66.6 Å². The molecule has 15 heteroatoms. The Bertz CT molecular complexity index is 1220. The van der Waals surface area contributed by atoms with Crippen LogP contribution in [0.2, 0.25) is 0 Å². The van der Waals surface area contributed by atoms with Crippen LogP contribution in [0.15, 0.2) is 6.20 Å². The third-order valence-corrected chi connectivity index (χ3v) is 7.83. The molecule has 0 aromatic carbocycles. The lowest BCUT2D eigenvalue weighted by molar-refractivity contribution is -0.133. The minimum absolute atomic E-state index is 0.0115. The fourth-order valence-electron chi connectivity index (χ4n) is 4.91. The fraction of sp³-hybridized carbons (Fsp3) is 0.794. The summed E-state index contributed by atoms with van der Waals surface area (Å²) in [6.45, 7) is 22.1. The first-order valence-electron chi connectivity index (χ1n) is 17.4. The number of nitrogens with two attached hydrogens (primary N) is 1. The molecule has 0 saturated carbocycles. The molecule has 0 fully saturated rings. The number of rotatable bonds is 22. The van der Waals surface area contributed by atoms with E-state index in [2.05, 4.69) is 36.9 Å². The van der Waals surface area contributed by atoms with Crippen molar-refractivity contribution in [3.8, 4) is 0 Å². The van der Waals surface area contributed by atoms with Gasteiger partial charge in [0.2, 0.25) is 17.7 Å². The van der Waals surface area contributed by atoms with Crippen molar-refractivity contribution in [2.75, 3.05) is 13.2 Å². The molecule has 0 spiro atoms. The summed E-state index contributed by atoms with van der Waals surface area (Å²) in [4.78, 5) is 63.4. The first kappa shape index (κ1) is 43.4. The van der Waals surface area contributed by atoms with Crippen molar-refractivity contribution in [3.05, 3.63) is 11.9 Å². The smallest absolute Gasteiger partial charge is 0.312 e. The van der Waals surface area contributed by atoms with Crippen molar-refractivity contribution in [1.29, 1.82) is 0 Å². The highest BCUT2D eigenvalue weighted by Crippen LogP contribution is 2.20. The number of urea groups is 1. The molecular weight excluding hydrogens is 630 g/mol. The summed E-state index contributed by atoms with van der Waals surface area (Å²) in [7, 11) is 0. The molecular formula is C34H63N9O6. The number of hydrogen-bond acceptors (Lipinski definition) is 9. The SMILES string of the molecule is CC(C)NC(CCC(=O)NC(C(=O)NC(CCCNC(N)=O)C(=O)C(C)C)C(C)C)C(=O)NCc1cn(C(C)(C)CCOC(C)(C)C)nn1. The molecule has 1 rings (SSSR count). The van der Waals surface area contributed by atoms with E-state index in [4.69, 9.17) is 10.5 Å². The van der Waals surface area contributed by atoms with Gasteiger partial charge in [0, 0.05) is 31.5 Å². The molecule has 3 unspecified atom stereocenters. The van der Waals surface area contributed by atoms with E-state index in [1.165, 1.54) is 0 Å². The quantitative estimate of drug-likeness (QED) is 0.0983. The van der Waals surface area contributed by atoms with Gasteiger partial charge in [-0.05, 0) is 66.2 Å². The number of amides is 5. The first-order valence-corrected chi connectivity index (χ1v) is 17.4. The minimum Gasteiger partial charge on any atom is -0.376 e. The van der Waals surface area contributed by atoms with Crippen LogP contribution >= 0.6 is 0 Å². The summed E-state index contributed by atoms with van der Waals surface area (Å²) in [6, 6.07) is -3.03. The third-order valence-electron chi connectivity index (χ3n) is 7.83. The highest BCUT2D eigenvalue weighted by atomic mass is 16.5. The van der Waals surface area contributed by atoms with Crippen LogP contribution in [-0.2, 0) is 36.0 Å². The molecule has 0 aliphatic rings. The van der Waals surface area contributed by atoms with Crippen molar-refractivity contribution in [1.82, 2.24) is 41.6 Å². The lowest BCUT2D eigenvalue weighted by atomic mass is 9.96. The predicted octanol–water partition coefficient (Wildman–Crippen LogP) is 2.28. The Labute approximate surface area is 292 Å². The maximum Gasteiger partial charge on any atom is 0.312 e. The number of aromatic nitrogens is 3. The lowest BCUT2D eigenvalue weighted by Crippen LogP contribution is -2.54. The summed E-state index contributed by atoms with van der Waals surface area (Å²) in [5, 5.41) is 22.7. The summed E-state index contributed by atoms with van der Waals surface area (Å²) in [5.74, 6) is -1.89. The average molecular weight is 694 g/mol. The van der Waals surface area contributed by atoms with Gasteiger partial charge < -0.3 is 37.1 Å². The second-order valence-corrected chi connectivity index (χ2v) is 15.1. The number of ether oxygens (including phenoxy) is 1. The van der Waals surface area contributed by atoms with E-state index in [0.717, 1.165) is 6.42 Å². The third kappa shape index (κ3) is 17.1. The van der Waals surface area contributed by atoms with Crippen LogP contribution in [0.25, 0.3) is 0 Å². The zero-order valence-corrected chi connectivity index (χ0v) is 31.6. The van der Waals surface area contributed by atoms with Crippen molar-refractivity contribution in [2.45, 2.75) is 150 Å². The van der Waals surface area contributed by atoms with Gasteiger partial charge >= 0.3 is 6.03 Å². The Morgan fingerprint density at radius 3 is 2.10 bits per heavy atom. The van der Waals surface area contributed by atoms with Gasteiger partial charge in [-0.15, -0.1) is 5.10 Å². The van der Waals surface area contributed by atoms with Gasteiger partial charge in [-0.3, -0.25) is 19.2 Å². The van der Waals surface area contributed by atoms with Crippen LogP contribution in [0.5, 0.6) is 0 Å². The molecule has 0 radical (unpaired) electrons. The standard InChI is InChI=1S/C34H63N9O6/c1-21(2)28(31(47)39-25(29(45)22(3)4)13-12-17-36-32(35)48)40-27(44)15-14-26(38-23(5)6)30(46)37-19-24-20-43(42-41-24)34(10,11)16-18-49-33(7,8)9/h20-23,25-26,28,38H,12-19H2,1-11H3,(H,37,46)(H,39,47)(H,40,44)(H3,35,36,48). The van der Waals surface area contributed by atoms with Crippen LogP contribution in [-0.4, -0.2) is 87.4 Å². The van der Waals surface area contributed by atoms with Crippen LogP contribution < -0.4 is 32.3 Å². The molecule has 280 valence electrons. The largest absolute Gasteiger partial charge is 0.376 e. The van der Waals surface area contributed by atoms with Gasteiger partial charge in [0.25, 0.3) is 0 Å². The van der Waals surface area contributed by atoms with E-state index in [9.17, 15) is 24.0 Å². The molecule has 15 nitrogen and oxygen atoms in total. The lowest BCUT2D eigenvalue weighted by Gasteiger charge is -2.27. The van der Waals surface area contributed by atoms with Gasteiger partial charge in [-0.1, -0.05) is 46.8 Å². The molecule has 3 atom stereocenters. The van der Waals surface area contributed by atoms with Gasteiger partial charge in [0.15, 0.2) is 5.78 Å². The first-order chi connectivity index (χ1) is 22.6. The highest BCUT2D eigenvalue weighted by Gasteiger charge is 2.30. The zero-order valence-electron chi connectivity index (χ0n) is 31.6. The second-order valence-electron chi connectivity index (χ2n) is 15.1. The zero-order chi connectivity index (χ0) is 37.5. The maximum absolute atomic E-state index is 13.3. The fourth-order valence-corrected chi connectivity index (χ4v) is 4.91. The second kappa shape index (κ2) is 20.2. The van der Waals surface area contributed by atoms with Crippen LogP contribution in [0, 0.1) is 11.8 Å². The van der Waals surface area contributed by atoms with Crippen LogP contribution in [0.1, 0.15) is 114 Å². The van der Waals surface area contributed by atoms with Crippen molar-refractivity contribution in [3.63, 3.8) is 0 Å². The van der Waals surface area contributed by atoms with E-state index in [0.29, 0.717) is 25.1 Å². The molecule has 1 heterocycles. The molecule has 49 heavy (non-hydrogen) atoms. The van der Waals surface area contributed by atoms with Crippen LogP contribution in [0.3, 0.4) is 0 Å². The number of nitrogens with one attached hydrogen (secondary N) is 5. The molecule has 0 saturated heterocycles. The van der Waals surface area contributed by atoms with Crippen LogP contribution in [0.4, 0.5) is 4.79 Å². The molecule has 1 aromatic heterocycles. The predicted molar refractivity (Wildman–Crippen MR) is 188 cm³/mol. The van der Waals surface area contributed by atoms with Gasteiger partial charge in [-0.2, -0.15) is 0 Å². The summed E-state index contributed by atoms with van der Waals surface area (Å²) in [5.41, 5.74) is 5.15. The summed E-state index contributed by atoms with van der Waals surface area (Å²) in [6.07, 6.45) is 3.46. The number of primary amides is 1. The Hall–Kier alpha value is -3.59. The Morgan fingerprint density at radius 1 is 0.898 bits per heavy atom. The molecule has 1 aromatic rings. The number of Topliss-reactive ketones (excluding diaryl/α,β-unsaturated/α-hetero) is 1. The summed E-state index contributed by atoms with van der Waals surface area (Å²) < 4.78 is 7.64. The average Bonchev–Trinajstić information content (AvgIpc) is 3.46. The number of carbonyl (C=O) groups excluding carboxylic acids is 5. The van der Waals surface area contributed by atoms with Crippen molar-refractivity contribution >= 4 is 29.5 Å². The molecule has 5 amide bonds. The Balaban J connectivity index is 2.81. The van der Waals surface area contributed by atoms with E-state index in [1.807, 2.05) is 54.7 Å². The van der Waals surface area contributed by atoms with E-state index < -0.39 is 36.0 Å². The minimum atomic E-state index is -0.893. The maximum atomic E-state index is 13.3. The van der Waals surface area contributed by atoms with Crippen molar-refractivity contribution < 1.29 is 28.7 Å². The Kier molecular flexibility index (Phi) is 17.9. The number of nitrogens with zero attached hydrogens (tertiary/aromatic N) is 3. The van der Waals surface area contributed by atoms with Crippen molar-refractivity contribution in [2.24, 2.45) is 17.6 Å². The number of ketones is 1. The molecule has 0 aliphatic carbocycles. The number of hydrogen-bond donors (Lipinski definition) is 6. The van der Waals surface area contributed by atoms with Gasteiger partial charge in [-0.25, -0.2) is 9.48 Å². The Morgan fingerprint density at radius 2 is 1.55 bits per heavy atom. The molecule has 7 N–H and O–H groups in total. The monoisotopic (exact) mass is 693 g/mol. The van der Waals surface area contributed by atoms with E-state index in [1.54, 1.807) is 32.4 Å². The van der Waals surface area contributed by atoms with E-state index >= 15 is 0 Å². The van der Waals surface area contributed by atoms with Gasteiger partial charge in [0.05, 0.1) is 36.0 Å². The highest BCUT2D eigenvalue weighted by molar-refractivity contribution is 5.93. The normalized spacial score (nSPS) is 14.0. The topological polar surface area (TPSA) is 211 Å². The van der Waals surface area contributed by atoms with Gasteiger partial charge in [0.1, 0.15) is 11.7 Å². The summed E-state index contributed by atoms with van der Waals surface area (Å²) >= 11 is 0. The molecule has 0 aliphatic heterocycles. The number of carbonyl (C=O) groups is 5. The molecule has 0 bridgehead atoms.